The minimum absolute atomic E-state index is 0.207. The van der Waals surface area contributed by atoms with E-state index in [1.54, 1.807) is 17.4 Å². The molecular weight excluding hydrogens is 340 g/mol. The number of hydrogen-bond acceptors (Lipinski definition) is 7. The smallest absolute Gasteiger partial charge is 0.266 e. The van der Waals surface area contributed by atoms with Gasteiger partial charge in [0.25, 0.3) is 6.43 Å². The van der Waals surface area contributed by atoms with Crippen LogP contribution in [0, 0.1) is 0 Å². The van der Waals surface area contributed by atoms with Gasteiger partial charge in [0.2, 0.25) is 0 Å². The van der Waals surface area contributed by atoms with Crippen LogP contribution in [0.25, 0.3) is 0 Å². The average Bonchev–Trinajstić information content (AvgIpc) is 3.28. The predicted molar refractivity (Wildman–Crippen MR) is 80.9 cm³/mol. The zero-order valence-electron chi connectivity index (χ0n) is 12.2. The molecule has 0 spiro atoms. The molecule has 3 aromatic heterocycles. The number of pyridine rings is 1. The summed E-state index contributed by atoms with van der Waals surface area (Å²) >= 11 is 1.57. The summed E-state index contributed by atoms with van der Waals surface area (Å²) < 4.78 is 32.5. The van der Waals surface area contributed by atoms with Gasteiger partial charge in [0.1, 0.15) is 30.8 Å². The molecule has 126 valence electrons. The van der Waals surface area contributed by atoms with E-state index < -0.39 is 18.6 Å². The average molecular weight is 353 g/mol. The Balaban J connectivity index is 1.76. The van der Waals surface area contributed by atoms with Crippen molar-refractivity contribution in [2.75, 3.05) is 0 Å². The SMILES string of the molecule is OC(C(F)F)C(c1ccc(OCc2cccs2)cn1)n1cnnn1. The first-order chi connectivity index (χ1) is 11.6. The largest absolute Gasteiger partial charge is 0.486 e. The number of thiophene rings is 1. The lowest BCUT2D eigenvalue weighted by atomic mass is 10.1. The van der Waals surface area contributed by atoms with Crippen LogP contribution < -0.4 is 4.74 Å². The molecule has 3 aromatic rings. The van der Waals surface area contributed by atoms with E-state index in [1.807, 2.05) is 17.5 Å². The molecule has 0 fully saturated rings. The lowest BCUT2D eigenvalue weighted by molar-refractivity contribution is -0.0292. The van der Waals surface area contributed by atoms with Gasteiger partial charge in [-0.15, -0.1) is 16.4 Å². The Morgan fingerprint density at radius 2 is 2.17 bits per heavy atom. The lowest BCUT2D eigenvalue weighted by Crippen LogP contribution is -2.32. The van der Waals surface area contributed by atoms with Gasteiger partial charge >= 0.3 is 0 Å². The first-order valence-corrected chi connectivity index (χ1v) is 7.83. The van der Waals surface area contributed by atoms with Crippen LogP contribution >= 0.6 is 11.3 Å². The number of rotatable bonds is 7. The van der Waals surface area contributed by atoms with Gasteiger partial charge in [-0.3, -0.25) is 4.98 Å². The predicted octanol–water partition coefficient (Wildman–Crippen LogP) is 1.92. The van der Waals surface area contributed by atoms with Crippen molar-refractivity contribution in [2.24, 2.45) is 0 Å². The van der Waals surface area contributed by atoms with Crippen molar-refractivity contribution in [2.45, 2.75) is 25.2 Å². The molecule has 0 radical (unpaired) electrons. The van der Waals surface area contributed by atoms with E-state index in [0.717, 1.165) is 15.9 Å². The van der Waals surface area contributed by atoms with Crippen molar-refractivity contribution >= 4 is 11.3 Å². The molecule has 1 N–H and O–H groups in total. The van der Waals surface area contributed by atoms with Gasteiger partial charge in [-0.05, 0) is 34.0 Å². The van der Waals surface area contributed by atoms with E-state index >= 15 is 0 Å². The third-order valence-corrected chi connectivity index (χ3v) is 4.10. The van der Waals surface area contributed by atoms with Crippen LogP contribution in [0.5, 0.6) is 5.75 Å². The first kappa shape index (κ1) is 16.4. The molecule has 0 saturated carbocycles. The minimum atomic E-state index is -2.96. The number of aliphatic hydroxyl groups excluding tert-OH is 1. The van der Waals surface area contributed by atoms with Crippen LogP contribution in [0.15, 0.2) is 42.2 Å². The van der Waals surface area contributed by atoms with Gasteiger partial charge in [0.15, 0.2) is 0 Å². The molecule has 0 saturated heterocycles. The molecule has 2 atom stereocenters. The Morgan fingerprint density at radius 1 is 1.29 bits per heavy atom. The Bertz CT molecular complexity index is 737. The van der Waals surface area contributed by atoms with Crippen LogP contribution in [0.2, 0.25) is 0 Å². The second-order valence-electron chi connectivity index (χ2n) is 4.85. The summed E-state index contributed by atoms with van der Waals surface area (Å²) in [6, 6.07) is 5.78. The molecular formula is C14H13F2N5O2S. The molecule has 0 aliphatic heterocycles. The number of aromatic nitrogens is 5. The van der Waals surface area contributed by atoms with Gasteiger partial charge in [-0.1, -0.05) is 6.07 Å². The van der Waals surface area contributed by atoms with E-state index in [1.165, 1.54) is 12.3 Å². The number of hydrogen-bond donors (Lipinski definition) is 1. The van der Waals surface area contributed by atoms with Crippen molar-refractivity contribution in [3.05, 3.63) is 52.7 Å². The molecule has 0 aromatic carbocycles. The van der Waals surface area contributed by atoms with Crippen molar-refractivity contribution in [1.29, 1.82) is 0 Å². The highest BCUT2D eigenvalue weighted by Gasteiger charge is 2.32. The summed E-state index contributed by atoms with van der Waals surface area (Å²) in [7, 11) is 0. The van der Waals surface area contributed by atoms with Crippen molar-refractivity contribution in [3.8, 4) is 5.75 Å². The molecule has 24 heavy (non-hydrogen) atoms. The van der Waals surface area contributed by atoms with E-state index in [0.29, 0.717) is 12.4 Å². The number of alkyl halides is 2. The fourth-order valence-corrected chi connectivity index (χ4v) is 2.72. The maximum absolute atomic E-state index is 12.9. The summed E-state index contributed by atoms with van der Waals surface area (Å²) in [5, 5.41) is 22.1. The van der Waals surface area contributed by atoms with Gasteiger partial charge < -0.3 is 9.84 Å². The Kier molecular flexibility index (Phi) is 5.06. The van der Waals surface area contributed by atoms with Crippen LogP contribution in [0.3, 0.4) is 0 Å². The van der Waals surface area contributed by atoms with Crippen LogP contribution in [-0.4, -0.2) is 42.8 Å². The van der Waals surface area contributed by atoms with Crippen LogP contribution in [0.1, 0.15) is 16.6 Å². The zero-order valence-corrected chi connectivity index (χ0v) is 13.1. The standard InChI is InChI=1S/C14H13F2N5O2S/c15-14(16)13(22)12(21-8-18-19-20-21)11-4-3-9(6-17-11)23-7-10-2-1-5-24-10/h1-6,8,12-14,22H,7H2. The number of nitrogens with zero attached hydrogens (tertiary/aromatic N) is 5. The molecule has 0 amide bonds. The first-order valence-electron chi connectivity index (χ1n) is 6.95. The van der Waals surface area contributed by atoms with E-state index in [4.69, 9.17) is 4.74 Å². The Hall–Kier alpha value is -2.46. The van der Waals surface area contributed by atoms with Crippen LogP contribution in [0.4, 0.5) is 8.78 Å². The summed E-state index contributed by atoms with van der Waals surface area (Å²) in [4.78, 5) is 5.16. The normalized spacial score (nSPS) is 13.8. The molecule has 0 bridgehead atoms. The monoisotopic (exact) mass is 353 g/mol. The third-order valence-electron chi connectivity index (χ3n) is 3.25. The number of ether oxygens (including phenoxy) is 1. The number of halogens is 2. The highest BCUT2D eigenvalue weighted by atomic mass is 32.1. The van der Waals surface area contributed by atoms with Crippen LogP contribution in [-0.2, 0) is 6.61 Å². The van der Waals surface area contributed by atoms with Crippen molar-refractivity contribution in [3.63, 3.8) is 0 Å². The molecule has 3 heterocycles. The van der Waals surface area contributed by atoms with E-state index in [2.05, 4.69) is 20.5 Å². The second-order valence-corrected chi connectivity index (χ2v) is 5.88. The molecule has 10 heteroatoms. The lowest BCUT2D eigenvalue weighted by Gasteiger charge is -2.21. The maximum atomic E-state index is 12.9. The maximum Gasteiger partial charge on any atom is 0.266 e. The van der Waals surface area contributed by atoms with Crippen molar-refractivity contribution in [1.82, 2.24) is 25.2 Å². The fraction of sp³-hybridized carbons (Fsp3) is 0.286. The number of aliphatic hydroxyl groups is 1. The fourth-order valence-electron chi connectivity index (χ4n) is 2.10. The van der Waals surface area contributed by atoms with E-state index in [9.17, 15) is 13.9 Å². The molecule has 2 unspecified atom stereocenters. The van der Waals surface area contributed by atoms with Gasteiger partial charge in [-0.2, -0.15) is 0 Å². The highest BCUT2D eigenvalue weighted by Crippen LogP contribution is 2.25. The third kappa shape index (κ3) is 3.71. The van der Waals surface area contributed by atoms with Gasteiger partial charge in [-0.25, -0.2) is 13.5 Å². The molecule has 0 aliphatic carbocycles. The molecule has 3 rings (SSSR count). The van der Waals surface area contributed by atoms with E-state index in [-0.39, 0.29) is 5.69 Å². The number of tetrazole rings is 1. The highest BCUT2D eigenvalue weighted by molar-refractivity contribution is 7.09. The summed E-state index contributed by atoms with van der Waals surface area (Å²) in [6.45, 7) is 0.398. The van der Waals surface area contributed by atoms with Crippen molar-refractivity contribution < 1.29 is 18.6 Å². The summed E-state index contributed by atoms with van der Waals surface area (Å²) in [5.74, 6) is 0.495. The topological polar surface area (TPSA) is 86.0 Å². The summed E-state index contributed by atoms with van der Waals surface area (Å²) in [6.07, 6.45) is -2.38. The molecule has 0 aliphatic rings. The molecule has 7 nitrogen and oxygen atoms in total. The second kappa shape index (κ2) is 7.41. The summed E-state index contributed by atoms with van der Waals surface area (Å²) in [5.41, 5.74) is 0.207. The quantitative estimate of drug-likeness (QED) is 0.698. The Labute approximate surface area is 139 Å². The Morgan fingerprint density at radius 3 is 2.75 bits per heavy atom. The van der Waals surface area contributed by atoms with Gasteiger partial charge in [0.05, 0.1) is 11.9 Å². The van der Waals surface area contributed by atoms with Gasteiger partial charge in [0, 0.05) is 4.88 Å². The zero-order chi connectivity index (χ0) is 16.9. The minimum Gasteiger partial charge on any atom is -0.486 e.